The fraction of sp³-hybridized carbons (Fsp3) is 0.538. The number of carboxylic acid groups (broad SMARTS) is 1. The summed E-state index contributed by atoms with van der Waals surface area (Å²) in [6.45, 7) is 7.14. The fourth-order valence-corrected chi connectivity index (χ4v) is 2.05. The Labute approximate surface area is 112 Å². The molecule has 1 rings (SSSR count). The Balaban J connectivity index is 2.71. The van der Waals surface area contributed by atoms with Crippen LogP contribution < -0.4 is 5.32 Å². The zero-order valence-corrected chi connectivity index (χ0v) is 11.7. The fourth-order valence-electron chi connectivity index (χ4n) is 1.90. The van der Waals surface area contributed by atoms with Crippen LogP contribution in [0, 0.1) is 11.8 Å². The van der Waals surface area contributed by atoms with Crippen LogP contribution in [0.2, 0.25) is 5.15 Å². The Bertz CT molecular complexity index is 421. The molecule has 1 aromatic rings. The van der Waals surface area contributed by atoms with Crippen molar-refractivity contribution in [2.45, 2.75) is 27.2 Å². The van der Waals surface area contributed by atoms with Gasteiger partial charge in [-0.2, -0.15) is 0 Å². The predicted octanol–water partition coefficient (Wildman–Crippen LogP) is 3.53. The van der Waals surface area contributed by atoms with Crippen molar-refractivity contribution in [3.05, 3.63) is 22.8 Å². The van der Waals surface area contributed by atoms with Crippen LogP contribution in [0.4, 0.5) is 5.82 Å². The highest BCUT2D eigenvalue weighted by atomic mass is 35.5. The summed E-state index contributed by atoms with van der Waals surface area (Å²) >= 11 is 5.78. The first-order chi connectivity index (χ1) is 8.40. The highest BCUT2D eigenvalue weighted by Crippen LogP contribution is 2.18. The van der Waals surface area contributed by atoms with Crippen LogP contribution in [0.3, 0.4) is 0 Å². The average Bonchev–Trinajstić information content (AvgIpc) is 2.25. The van der Waals surface area contributed by atoms with Crippen molar-refractivity contribution < 1.29 is 9.90 Å². The van der Waals surface area contributed by atoms with Gasteiger partial charge in [0.2, 0.25) is 0 Å². The van der Waals surface area contributed by atoms with E-state index in [0.29, 0.717) is 29.4 Å². The van der Waals surface area contributed by atoms with Gasteiger partial charge in [0.05, 0.1) is 0 Å². The van der Waals surface area contributed by atoms with Crippen molar-refractivity contribution in [3.63, 3.8) is 0 Å². The van der Waals surface area contributed by atoms with E-state index >= 15 is 0 Å². The van der Waals surface area contributed by atoms with Crippen molar-refractivity contribution in [3.8, 4) is 0 Å². The molecule has 1 atom stereocenters. The van der Waals surface area contributed by atoms with Gasteiger partial charge in [-0.3, -0.25) is 0 Å². The smallest absolute Gasteiger partial charge is 0.339 e. The molecule has 0 bridgehead atoms. The highest BCUT2D eigenvalue weighted by molar-refractivity contribution is 6.29. The molecule has 4 nitrogen and oxygen atoms in total. The molecule has 0 aliphatic rings. The SMILES string of the molecule is CC(C)C[C@H](C)CNc1nc(Cl)ccc1C(=O)O. The third kappa shape index (κ3) is 4.53. The number of aromatic carboxylic acids is 1. The van der Waals surface area contributed by atoms with E-state index < -0.39 is 5.97 Å². The van der Waals surface area contributed by atoms with Crippen LogP contribution in [-0.2, 0) is 0 Å². The maximum Gasteiger partial charge on any atom is 0.339 e. The number of hydrogen-bond donors (Lipinski definition) is 2. The Morgan fingerprint density at radius 1 is 1.44 bits per heavy atom. The third-order valence-electron chi connectivity index (χ3n) is 2.58. The number of hydrogen-bond acceptors (Lipinski definition) is 3. The van der Waals surface area contributed by atoms with Crippen LogP contribution in [-0.4, -0.2) is 22.6 Å². The summed E-state index contributed by atoms with van der Waals surface area (Å²) < 4.78 is 0. The van der Waals surface area contributed by atoms with Gasteiger partial charge in [0.1, 0.15) is 16.5 Å². The van der Waals surface area contributed by atoms with E-state index in [1.807, 2.05) is 0 Å². The summed E-state index contributed by atoms with van der Waals surface area (Å²) in [6, 6.07) is 2.95. The first kappa shape index (κ1) is 14.8. The topological polar surface area (TPSA) is 62.2 Å². The Morgan fingerprint density at radius 3 is 2.67 bits per heavy atom. The molecule has 5 heteroatoms. The second-order valence-corrected chi connectivity index (χ2v) is 5.34. The molecule has 100 valence electrons. The van der Waals surface area contributed by atoms with Crippen LogP contribution in [0.5, 0.6) is 0 Å². The summed E-state index contributed by atoms with van der Waals surface area (Å²) in [6.07, 6.45) is 1.08. The molecule has 0 amide bonds. The largest absolute Gasteiger partial charge is 0.478 e. The summed E-state index contributed by atoms with van der Waals surface area (Å²) in [7, 11) is 0. The minimum Gasteiger partial charge on any atom is -0.478 e. The Hall–Kier alpha value is -1.29. The first-order valence-electron chi connectivity index (χ1n) is 6.03. The number of anilines is 1. The van der Waals surface area contributed by atoms with Gasteiger partial charge in [0.15, 0.2) is 0 Å². The van der Waals surface area contributed by atoms with E-state index in [9.17, 15) is 4.79 Å². The van der Waals surface area contributed by atoms with Crippen LogP contribution in [0.1, 0.15) is 37.6 Å². The summed E-state index contributed by atoms with van der Waals surface area (Å²) in [4.78, 5) is 15.1. The van der Waals surface area contributed by atoms with Crippen molar-refractivity contribution in [2.24, 2.45) is 11.8 Å². The lowest BCUT2D eigenvalue weighted by molar-refractivity contribution is 0.0697. The Morgan fingerprint density at radius 2 is 2.11 bits per heavy atom. The van der Waals surface area contributed by atoms with E-state index in [1.54, 1.807) is 0 Å². The van der Waals surface area contributed by atoms with Gasteiger partial charge in [-0.05, 0) is 30.4 Å². The van der Waals surface area contributed by atoms with Crippen LogP contribution >= 0.6 is 11.6 Å². The molecule has 1 aromatic heterocycles. The van der Waals surface area contributed by atoms with Gasteiger partial charge < -0.3 is 10.4 Å². The maximum absolute atomic E-state index is 11.0. The molecule has 2 N–H and O–H groups in total. The van der Waals surface area contributed by atoms with E-state index in [4.69, 9.17) is 16.7 Å². The van der Waals surface area contributed by atoms with E-state index in [0.717, 1.165) is 6.42 Å². The summed E-state index contributed by atoms with van der Waals surface area (Å²) in [5.41, 5.74) is 0.149. The summed E-state index contributed by atoms with van der Waals surface area (Å²) in [5.74, 6) is 0.407. The van der Waals surface area contributed by atoms with Crippen LogP contribution in [0.25, 0.3) is 0 Å². The molecular weight excluding hydrogens is 252 g/mol. The van der Waals surface area contributed by atoms with Gasteiger partial charge in [0, 0.05) is 6.54 Å². The molecule has 18 heavy (non-hydrogen) atoms. The zero-order chi connectivity index (χ0) is 13.7. The quantitative estimate of drug-likeness (QED) is 0.777. The number of aromatic nitrogens is 1. The lowest BCUT2D eigenvalue weighted by Gasteiger charge is -2.16. The molecular formula is C13H19ClN2O2. The molecule has 0 saturated heterocycles. The molecule has 1 heterocycles. The van der Waals surface area contributed by atoms with Crippen molar-refractivity contribution >= 4 is 23.4 Å². The molecule has 0 fully saturated rings. The predicted molar refractivity (Wildman–Crippen MR) is 73.3 cm³/mol. The lowest BCUT2D eigenvalue weighted by atomic mass is 9.99. The molecule has 0 unspecified atom stereocenters. The second kappa shape index (κ2) is 6.59. The number of carboxylic acids is 1. The molecule has 0 radical (unpaired) electrons. The molecule has 0 saturated carbocycles. The van der Waals surface area contributed by atoms with Crippen LogP contribution in [0.15, 0.2) is 12.1 Å². The number of nitrogens with zero attached hydrogens (tertiary/aromatic N) is 1. The maximum atomic E-state index is 11.0. The number of pyridine rings is 1. The third-order valence-corrected chi connectivity index (χ3v) is 2.79. The minimum atomic E-state index is -1.00. The molecule has 0 spiro atoms. The van der Waals surface area contributed by atoms with Crippen molar-refractivity contribution in [1.29, 1.82) is 0 Å². The standard InChI is InChI=1S/C13H19ClN2O2/c1-8(2)6-9(3)7-15-12-10(13(17)18)4-5-11(14)16-12/h4-5,8-9H,6-7H2,1-3H3,(H,15,16)(H,17,18)/t9-/m0/s1. The van der Waals surface area contributed by atoms with Gasteiger partial charge >= 0.3 is 5.97 Å². The minimum absolute atomic E-state index is 0.149. The number of rotatable bonds is 6. The average molecular weight is 271 g/mol. The number of carbonyl (C=O) groups is 1. The van der Waals surface area contributed by atoms with Gasteiger partial charge in [-0.15, -0.1) is 0 Å². The van der Waals surface area contributed by atoms with Gasteiger partial charge in [-0.25, -0.2) is 9.78 Å². The van der Waals surface area contributed by atoms with Gasteiger partial charge in [-0.1, -0.05) is 32.4 Å². The highest BCUT2D eigenvalue weighted by Gasteiger charge is 2.13. The second-order valence-electron chi connectivity index (χ2n) is 4.95. The number of halogens is 1. The lowest BCUT2D eigenvalue weighted by Crippen LogP contribution is -2.16. The van der Waals surface area contributed by atoms with E-state index in [2.05, 4.69) is 31.1 Å². The number of nitrogens with one attached hydrogen (secondary N) is 1. The first-order valence-corrected chi connectivity index (χ1v) is 6.41. The monoisotopic (exact) mass is 270 g/mol. The zero-order valence-electron chi connectivity index (χ0n) is 10.9. The van der Waals surface area contributed by atoms with Crippen molar-refractivity contribution in [1.82, 2.24) is 4.98 Å². The molecule has 0 aromatic carbocycles. The Kier molecular flexibility index (Phi) is 5.41. The molecule has 0 aliphatic carbocycles. The normalized spacial score (nSPS) is 12.5. The van der Waals surface area contributed by atoms with Crippen molar-refractivity contribution in [2.75, 3.05) is 11.9 Å². The van der Waals surface area contributed by atoms with E-state index in [1.165, 1.54) is 12.1 Å². The van der Waals surface area contributed by atoms with E-state index in [-0.39, 0.29) is 5.56 Å². The molecule has 0 aliphatic heterocycles. The van der Waals surface area contributed by atoms with Gasteiger partial charge in [0.25, 0.3) is 0 Å². The summed E-state index contributed by atoms with van der Waals surface area (Å²) in [5, 5.41) is 12.4.